The predicted octanol–water partition coefficient (Wildman–Crippen LogP) is 2.57. The Kier molecular flexibility index (Phi) is 4.93. The van der Waals surface area contributed by atoms with E-state index in [1.54, 1.807) is 18.3 Å². The summed E-state index contributed by atoms with van der Waals surface area (Å²) in [5.74, 6) is 0.398. The van der Waals surface area contributed by atoms with Crippen molar-refractivity contribution >= 4 is 28.9 Å². The molecule has 1 amide bonds. The van der Waals surface area contributed by atoms with E-state index in [4.69, 9.17) is 5.73 Å². The molecule has 2 heterocycles. The van der Waals surface area contributed by atoms with Gasteiger partial charge in [0.25, 0.3) is 5.91 Å². The molecule has 26 heavy (non-hydrogen) atoms. The number of anilines is 4. The lowest BCUT2D eigenvalue weighted by Gasteiger charge is -2.14. The molecule has 0 aliphatic carbocycles. The lowest BCUT2D eigenvalue weighted by Crippen LogP contribution is -2.30. The van der Waals surface area contributed by atoms with E-state index in [-0.39, 0.29) is 5.91 Å². The highest BCUT2D eigenvalue weighted by molar-refractivity contribution is 5.94. The van der Waals surface area contributed by atoms with Crippen LogP contribution in [0.1, 0.15) is 21.5 Å². The van der Waals surface area contributed by atoms with Gasteiger partial charge in [-0.2, -0.15) is 0 Å². The van der Waals surface area contributed by atoms with E-state index in [1.165, 1.54) is 18.1 Å². The Labute approximate surface area is 150 Å². The lowest BCUT2D eigenvalue weighted by molar-refractivity contribution is 0.0962. The molecular weight excluding hydrogens is 330 g/mol. The molecule has 0 radical (unpaired) electrons. The summed E-state index contributed by atoms with van der Waals surface area (Å²) in [6, 6.07) is 9.36. The van der Waals surface area contributed by atoms with Gasteiger partial charge in [0.1, 0.15) is 12.0 Å². The monoisotopic (exact) mass is 349 g/mol. The number of hydrazine groups is 1. The quantitative estimate of drug-likeness (QED) is 0.523. The largest absolute Gasteiger partial charge is 0.393 e. The van der Waals surface area contributed by atoms with Gasteiger partial charge in [0.05, 0.1) is 5.56 Å². The highest BCUT2D eigenvalue weighted by Gasteiger charge is 2.11. The van der Waals surface area contributed by atoms with Crippen LogP contribution in [0.4, 0.5) is 23.0 Å². The van der Waals surface area contributed by atoms with E-state index >= 15 is 0 Å². The molecule has 8 heteroatoms. The molecule has 0 saturated heterocycles. The average molecular weight is 349 g/mol. The van der Waals surface area contributed by atoms with Crippen LogP contribution in [0.2, 0.25) is 0 Å². The number of benzene rings is 1. The second kappa shape index (κ2) is 7.47. The molecule has 132 valence electrons. The van der Waals surface area contributed by atoms with E-state index in [9.17, 15) is 4.79 Å². The maximum atomic E-state index is 12.1. The number of aryl methyl sites for hydroxylation is 2. The summed E-state index contributed by atoms with van der Waals surface area (Å²) in [7, 11) is 0. The van der Waals surface area contributed by atoms with Gasteiger partial charge in [0, 0.05) is 18.1 Å². The molecule has 0 unspecified atom stereocenters. The number of nitrogens with two attached hydrogens (primary N) is 1. The summed E-state index contributed by atoms with van der Waals surface area (Å²) < 4.78 is 0. The zero-order valence-electron chi connectivity index (χ0n) is 14.4. The van der Waals surface area contributed by atoms with Crippen LogP contribution >= 0.6 is 0 Å². The van der Waals surface area contributed by atoms with Gasteiger partial charge in [0.15, 0.2) is 11.6 Å². The van der Waals surface area contributed by atoms with Crippen molar-refractivity contribution < 1.29 is 4.79 Å². The number of hydrogen-bond acceptors (Lipinski definition) is 7. The number of nitrogens with one attached hydrogen (secondary N) is 3. The Morgan fingerprint density at radius 2 is 1.92 bits per heavy atom. The SMILES string of the molecule is Cc1ccc(Nc2ncnc(NNC(=O)c3cccnc3)c2N)c(C)c1. The molecule has 0 saturated carbocycles. The van der Waals surface area contributed by atoms with Crippen LogP contribution in [0.3, 0.4) is 0 Å². The van der Waals surface area contributed by atoms with Gasteiger partial charge in [0.2, 0.25) is 0 Å². The van der Waals surface area contributed by atoms with E-state index in [0.717, 1.165) is 11.3 Å². The zero-order chi connectivity index (χ0) is 18.5. The summed E-state index contributed by atoms with van der Waals surface area (Å²) in [6.45, 7) is 4.03. The van der Waals surface area contributed by atoms with E-state index in [2.05, 4.69) is 37.2 Å². The highest BCUT2D eigenvalue weighted by Crippen LogP contribution is 2.27. The Hall–Kier alpha value is -3.68. The number of amides is 1. The van der Waals surface area contributed by atoms with Crippen molar-refractivity contribution in [3.05, 3.63) is 65.7 Å². The van der Waals surface area contributed by atoms with Crippen molar-refractivity contribution in [2.75, 3.05) is 16.5 Å². The van der Waals surface area contributed by atoms with Gasteiger partial charge in [-0.25, -0.2) is 9.97 Å². The molecule has 0 aliphatic rings. The summed E-state index contributed by atoms with van der Waals surface area (Å²) >= 11 is 0. The lowest BCUT2D eigenvalue weighted by atomic mass is 10.1. The first kappa shape index (κ1) is 17.2. The predicted molar refractivity (Wildman–Crippen MR) is 101 cm³/mol. The Bertz CT molecular complexity index is 928. The molecule has 2 aromatic heterocycles. The molecule has 1 aromatic carbocycles. The number of nitrogen functional groups attached to an aromatic ring is 1. The van der Waals surface area contributed by atoms with Crippen LogP contribution < -0.4 is 21.9 Å². The van der Waals surface area contributed by atoms with Gasteiger partial charge in [-0.1, -0.05) is 17.7 Å². The fourth-order valence-electron chi connectivity index (χ4n) is 2.36. The third-order valence-corrected chi connectivity index (χ3v) is 3.74. The number of hydrogen-bond donors (Lipinski definition) is 4. The van der Waals surface area contributed by atoms with Crippen LogP contribution in [-0.4, -0.2) is 20.9 Å². The minimum absolute atomic E-state index is 0.291. The molecule has 0 bridgehead atoms. The summed E-state index contributed by atoms with van der Waals surface area (Å²) in [6.07, 6.45) is 4.42. The van der Waals surface area contributed by atoms with Crippen LogP contribution in [-0.2, 0) is 0 Å². The van der Waals surface area contributed by atoms with Crippen molar-refractivity contribution in [1.29, 1.82) is 0 Å². The molecule has 0 fully saturated rings. The summed E-state index contributed by atoms with van der Waals surface area (Å²) in [5.41, 5.74) is 15.2. The maximum absolute atomic E-state index is 12.1. The van der Waals surface area contributed by atoms with Crippen LogP contribution in [0.25, 0.3) is 0 Å². The highest BCUT2D eigenvalue weighted by atomic mass is 16.2. The number of rotatable bonds is 5. The number of carbonyl (C=O) groups excluding carboxylic acids is 1. The van der Waals surface area contributed by atoms with Crippen LogP contribution in [0.15, 0.2) is 49.1 Å². The first-order valence-electron chi connectivity index (χ1n) is 7.95. The van der Waals surface area contributed by atoms with E-state index < -0.39 is 0 Å². The molecule has 0 aliphatic heterocycles. The molecule has 0 spiro atoms. The summed E-state index contributed by atoms with van der Waals surface area (Å²) in [4.78, 5) is 24.2. The molecular formula is C18H19N7O. The van der Waals surface area contributed by atoms with Gasteiger partial charge in [-0.3, -0.25) is 20.6 Å². The fraction of sp³-hybridized carbons (Fsp3) is 0.111. The van der Waals surface area contributed by atoms with Gasteiger partial charge in [-0.05, 0) is 37.6 Å². The zero-order valence-corrected chi connectivity index (χ0v) is 14.4. The third kappa shape index (κ3) is 3.86. The van der Waals surface area contributed by atoms with Gasteiger partial charge >= 0.3 is 0 Å². The minimum Gasteiger partial charge on any atom is -0.393 e. The average Bonchev–Trinajstić information content (AvgIpc) is 2.65. The van der Waals surface area contributed by atoms with Crippen molar-refractivity contribution in [2.45, 2.75) is 13.8 Å². The normalized spacial score (nSPS) is 10.2. The topological polar surface area (TPSA) is 118 Å². The van der Waals surface area contributed by atoms with Gasteiger partial charge in [-0.15, -0.1) is 0 Å². The van der Waals surface area contributed by atoms with E-state index in [0.29, 0.717) is 22.9 Å². The van der Waals surface area contributed by atoms with Crippen molar-refractivity contribution in [3.63, 3.8) is 0 Å². The van der Waals surface area contributed by atoms with Crippen molar-refractivity contribution in [1.82, 2.24) is 20.4 Å². The van der Waals surface area contributed by atoms with Gasteiger partial charge < -0.3 is 11.1 Å². The smallest absolute Gasteiger partial charge is 0.271 e. The van der Waals surface area contributed by atoms with E-state index in [1.807, 2.05) is 26.0 Å². The molecule has 0 atom stereocenters. The third-order valence-electron chi connectivity index (χ3n) is 3.74. The second-order valence-corrected chi connectivity index (χ2v) is 5.75. The molecule has 3 aromatic rings. The van der Waals surface area contributed by atoms with Crippen molar-refractivity contribution in [3.8, 4) is 0 Å². The van der Waals surface area contributed by atoms with Crippen LogP contribution in [0.5, 0.6) is 0 Å². The number of aromatic nitrogens is 3. The number of pyridine rings is 1. The fourth-order valence-corrected chi connectivity index (χ4v) is 2.36. The Morgan fingerprint density at radius 1 is 1.12 bits per heavy atom. The maximum Gasteiger partial charge on any atom is 0.271 e. The Morgan fingerprint density at radius 3 is 2.65 bits per heavy atom. The van der Waals surface area contributed by atoms with Crippen molar-refractivity contribution in [2.24, 2.45) is 0 Å². The minimum atomic E-state index is -0.347. The Balaban J connectivity index is 1.74. The first-order chi connectivity index (χ1) is 12.5. The first-order valence-corrected chi connectivity index (χ1v) is 7.95. The summed E-state index contributed by atoms with van der Waals surface area (Å²) in [5, 5.41) is 3.19. The molecule has 8 nitrogen and oxygen atoms in total. The molecule has 3 rings (SSSR count). The number of nitrogens with zero attached hydrogens (tertiary/aromatic N) is 3. The second-order valence-electron chi connectivity index (χ2n) is 5.75. The number of carbonyl (C=O) groups is 1. The van der Waals surface area contributed by atoms with Crippen LogP contribution in [0, 0.1) is 13.8 Å². The molecule has 5 N–H and O–H groups in total. The standard InChI is InChI=1S/C18H19N7O/c1-11-5-6-14(12(2)8-11)23-16-15(19)17(22-10-21-16)24-25-18(26)13-4-3-7-20-9-13/h3-10H,19H2,1-2H3,(H,25,26)(H2,21,22,23,24).